The van der Waals surface area contributed by atoms with Crippen molar-refractivity contribution in [1.29, 1.82) is 0 Å². The number of aryl methyl sites for hydroxylation is 1. The Hall–Kier alpha value is -0.670. The molecule has 0 aliphatic carbocycles. The smallest absolute Gasteiger partial charge is 0.0343 e. The van der Waals surface area contributed by atoms with Crippen LogP contribution in [-0.4, -0.2) is 25.4 Å². The quantitative estimate of drug-likeness (QED) is 0.875. The van der Waals surface area contributed by atoms with Crippen LogP contribution in [-0.2, 0) is 6.42 Å². The molecule has 0 bridgehead atoms. The van der Waals surface area contributed by atoms with Gasteiger partial charge in [0, 0.05) is 17.1 Å². The number of nitrogens with one attached hydrogen (secondary N) is 2. The molecule has 2 N–H and O–H groups in total. The van der Waals surface area contributed by atoms with Crippen LogP contribution in [0.4, 0.5) is 5.69 Å². The molecular formula is C15H22N2S. The highest BCUT2D eigenvalue weighted by Crippen LogP contribution is 2.31. The van der Waals surface area contributed by atoms with E-state index in [-0.39, 0.29) is 0 Å². The average Bonchev–Trinajstić information content (AvgIpc) is 2.46. The lowest BCUT2D eigenvalue weighted by Gasteiger charge is -2.24. The molecule has 1 aromatic carbocycles. The molecule has 0 spiro atoms. The first-order valence-corrected chi connectivity index (χ1v) is 8.11. The van der Waals surface area contributed by atoms with E-state index in [0.717, 1.165) is 12.5 Å². The van der Waals surface area contributed by atoms with Crippen LogP contribution >= 0.6 is 11.8 Å². The van der Waals surface area contributed by atoms with Gasteiger partial charge in [0.1, 0.15) is 0 Å². The molecule has 98 valence electrons. The molecule has 3 rings (SSSR count). The van der Waals surface area contributed by atoms with E-state index in [1.54, 1.807) is 5.56 Å². The maximum atomic E-state index is 3.63. The van der Waals surface area contributed by atoms with Crippen LogP contribution < -0.4 is 10.6 Å². The van der Waals surface area contributed by atoms with E-state index in [1.165, 1.54) is 55.1 Å². The summed E-state index contributed by atoms with van der Waals surface area (Å²) in [7, 11) is 0. The molecule has 18 heavy (non-hydrogen) atoms. The summed E-state index contributed by atoms with van der Waals surface area (Å²) in [5, 5.41) is 7.05. The van der Waals surface area contributed by atoms with Gasteiger partial charge in [-0.1, -0.05) is 0 Å². The summed E-state index contributed by atoms with van der Waals surface area (Å²) < 4.78 is 0. The maximum absolute atomic E-state index is 3.63. The van der Waals surface area contributed by atoms with Gasteiger partial charge in [-0.2, -0.15) is 0 Å². The van der Waals surface area contributed by atoms with Gasteiger partial charge in [0.15, 0.2) is 0 Å². The SMILES string of the molecule is c1cc2c(cc1NCC1CCNCC1)CCCS2. The topological polar surface area (TPSA) is 24.1 Å². The first kappa shape index (κ1) is 12.4. The second kappa shape index (κ2) is 5.98. The first-order chi connectivity index (χ1) is 8.92. The lowest BCUT2D eigenvalue weighted by Crippen LogP contribution is -2.31. The zero-order chi connectivity index (χ0) is 12.2. The van der Waals surface area contributed by atoms with Gasteiger partial charge in [-0.3, -0.25) is 0 Å². The number of hydrogen-bond acceptors (Lipinski definition) is 3. The van der Waals surface area contributed by atoms with E-state index in [9.17, 15) is 0 Å². The summed E-state index contributed by atoms with van der Waals surface area (Å²) in [6.45, 7) is 3.51. The van der Waals surface area contributed by atoms with Crippen LogP contribution in [0.25, 0.3) is 0 Å². The largest absolute Gasteiger partial charge is 0.385 e. The van der Waals surface area contributed by atoms with Crippen LogP contribution in [0.2, 0.25) is 0 Å². The number of rotatable bonds is 3. The second-order valence-corrected chi connectivity index (χ2v) is 6.49. The van der Waals surface area contributed by atoms with Gasteiger partial charge in [0.05, 0.1) is 0 Å². The lowest BCUT2D eigenvalue weighted by molar-refractivity contribution is 0.390. The third-order valence-corrected chi connectivity index (χ3v) is 5.16. The van der Waals surface area contributed by atoms with Gasteiger partial charge < -0.3 is 10.6 Å². The van der Waals surface area contributed by atoms with E-state index in [0.29, 0.717) is 0 Å². The Bertz CT molecular complexity index is 399. The zero-order valence-corrected chi connectivity index (χ0v) is 11.7. The minimum absolute atomic E-state index is 0.844. The molecule has 0 aromatic heterocycles. The van der Waals surface area contributed by atoms with Crippen LogP contribution in [0.5, 0.6) is 0 Å². The van der Waals surface area contributed by atoms with Gasteiger partial charge >= 0.3 is 0 Å². The molecule has 0 atom stereocenters. The molecule has 2 heterocycles. The van der Waals surface area contributed by atoms with Gasteiger partial charge in [0.2, 0.25) is 0 Å². The third-order valence-electron chi connectivity index (χ3n) is 3.96. The number of hydrogen-bond donors (Lipinski definition) is 2. The fraction of sp³-hybridized carbons (Fsp3) is 0.600. The van der Waals surface area contributed by atoms with Crippen LogP contribution in [0.15, 0.2) is 23.1 Å². The number of benzene rings is 1. The Morgan fingerprint density at radius 2 is 2.17 bits per heavy atom. The monoisotopic (exact) mass is 262 g/mol. The molecular weight excluding hydrogens is 240 g/mol. The maximum Gasteiger partial charge on any atom is 0.0343 e. The lowest BCUT2D eigenvalue weighted by atomic mass is 9.98. The van der Waals surface area contributed by atoms with Crippen molar-refractivity contribution >= 4 is 17.4 Å². The standard InChI is InChI=1S/C15H22N2S/c1-2-13-10-14(3-4-15(13)18-9-1)17-11-12-5-7-16-8-6-12/h3-4,10,12,16-17H,1-2,5-9,11H2. The van der Waals surface area contributed by atoms with Crippen molar-refractivity contribution in [3.05, 3.63) is 23.8 Å². The third kappa shape index (κ3) is 3.01. The van der Waals surface area contributed by atoms with E-state index < -0.39 is 0 Å². The summed E-state index contributed by atoms with van der Waals surface area (Å²) in [5.74, 6) is 2.13. The summed E-state index contributed by atoms with van der Waals surface area (Å²) in [6.07, 6.45) is 5.21. The fourth-order valence-corrected chi connectivity index (χ4v) is 3.84. The highest BCUT2D eigenvalue weighted by molar-refractivity contribution is 7.99. The number of piperidine rings is 1. The minimum Gasteiger partial charge on any atom is -0.385 e. The van der Waals surface area contributed by atoms with Crippen molar-refractivity contribution in [2.75, 3.05) is 30.7 Å². The fourth-order valence-electron chi connectivity index (χ4n) is 2.82. The summed E-state index contributed by atoms with van der Waals surface area (Å²) in [6, 6.07) is 6.91. The molecule has 2 aliphatic rings. The van der Waals surface area contributed by atoms with E-state index >= 15 is 0 Å². The van der Waals surface area contributed by atoms with Crippen LogP contribution in [0.3, 0.4) is 0 Å². The molecule has 0 amide bonds. The molecule has 0 unspecified atom stereocenters. The molecule has 0 saturated carbocycles. The first-order valence-electron chi connectivity index (χ1n) is 7.12. The van der Waals surface area contributed by atoms with E-state index in [1.807, 2.05) is 11.8 Å². The van der Waals surface area contributed by atoms with Gasteiger partial charge in [0.25, 0.3) is 0 Å². The molecule has 1 saturated heterocycles. The number of anilines is 1. The van der Waals surface area contributed by atoms with Crippen molar-refractivity contribution in [2.24, 2.45) is 5.92 Å². The Morgan fingerprint density at radius 1 is 1.28 bits per heavy atom. The Morgan fingerprint density at radius 3 is 3.06 bits per heavy atom. The van der Waals surface area contributed by atoms with Crippen molar-refractivity contribution < 1.29 is 0 Å². The number of fused-ring (bicyclic) bond motifs is 1. The van der Waals surface area contributed by atoms with Crippen LogP contribution in [0, 0.1) is 5.92 Å². The van der Waals surface area contributed by atoms with Crippen molar-refractivity contribution in [2.45, 2.75) is 30.6 Å². The summed E-state index contributed by atoms with van der Waals surface area (Å²) in [4.78, 5) is 1.49. The minimum atomic E-state index is 0.844. The summed E-state index contributed by atoms with van der Waals surface area (Å²) >= 11 is 2.01. The van der Waals surface area contributed by atoms with E-state index in [4.69, 9.17) is 0 Å². The van der Waals surface area contributed by atoms with Gasteiger partial charge in [-0.25, -0.2) is 0 Å². The molecule has 1 aromatic rings. The Balaban J connectivity index is 1.58. The molecule has 2 aliphatic heterocycles. The van der Waals surface area contributed by atoms with Crippen LogP contribution in [0.1, 0.15) is 24.8 Å². The van der Waals surface area contributed by atoms with Crippen molar-refractivity contribution in [3.8, 4) is 0 Å². The highest BCUT2D eigenvalue weighted by Gasteiger charge is 2.13. The van der Waals surface area contributed by atoms with E-state index in [2.05, 4.69) is 28.8 Å². The number of thioether (sulfide) groups is 1. The Labute approximate surface area is 114 Å². The average molecular weight is 262 g/mol. The zero-order valence-electron chi connectivity index (χ0n) is 10.9. The van der Waals surface area contributed by atoms with Crippen molar-refractivity contribution in [1.82, 2.24) is 5.32 Å². The normalized spacial score (nSPS) is 20.4. The molecule has 2 nitrogen and oxygen atoms in total. The molecule has 3 heteroatoms. The predicted molar refractivity (Wildman–Crippen MR) is 79.6 cm³/mol. The van der Waals surface area contributed by atoms with Gasteiger partial charge in [-0.05, 0) is 74.2 Å². The second-order valence-electron chi connectivity index (χ2n) is 5.35. The summed E-state index contributed by atoms with van der Waals surface area (Å²) in [5.41, 5.74) is 2.86. The molecule has 0 radical (unpaired) electrons. The van der Waals surface area contributed by atoms with Crippen molar-refractivity contribution in [3.63, 3.8) is 0 Å². The van der Waals surface area contributed by atoms with Gasteiger partial charge in [-0.15, -0.1) is 11.8 Å². The Kier molecular flexibility index (Phi) is 4.11. The predicted octanol–water partition coefficient (Wildman–Crippen LogP) is 3.14. The highest BCUT2D eigenvalue weighted by atomic mass is 32.2. The molecule has 1 fully saturated rings.